The fourth-order valence-electron chi connectivity index (χ4n) is 2.63. The molecule has 21 heavy (non-hydrogen) atoms. The van der Waals surface area contributed by atoms with E-state index < -0.39 is 0 Å². The van der Waals surface area contributed by atoms with Gasteiger partial charge < -0.3 is 10.1 Å². The highest BCUT2D eigenvalue weighted by Crippen LogP contribution is 2.26. The van der Waals surface area contributed by atoms with Crippen LogP contribution in [0.2, 0.25) is 0 Å². The van der Waals surface area contributed by atoms with Gasteiger partial charge in [-0.3, -0.25) is 4.79 Å². The third-order valence-electron chi connectivity index (χ3n) is 3.80. The normalized spacial score (nSPS) is 16.7. The van der Waals surface area contributed by atoms with E-state index in [-0.39, 0.29) is 5.91 Å². The van der Waals surface area contributed by atoms with E-state index in [0.29, 0.717) is 6.04 Å². The summed E-state index contributed by atoms with van der Waals surface area (Å²) in [4.78, 5) is 12.0. The Balaban J connectivity index is 1.90. The van der Waals surface area contributed by atoms with Gasteiger partial charge in [0.1, 0.15) is 5.75 Å². The topological polar surface area (TPSA) is 38.3 Å². The van der Waals surface area contributed by atoms with Crippen LogP contribution in [0.25, 0.3) is 6.08 Å². The Morgan fingerprint density at radius 1 is 1.29 bits per heavy atom. The molecular weight excluding hydrogens is 330 g/mol. The van der Waals surface area contributed by atoms with Gasteiger partial charge in [-0.05, 0) is 52.5 Å². The molecule has 0 aliphatic heterocycles. The molecule has 0 saturated heterocycles. The highest BCUT2D eigenvalue weighted by molar-refractivity contribution is 9.10. The van der Waals surface area contributed by atoms with Gasteiger partial charge in [-0.25, -0.2) is 0 Å². The van der Waals surface area contributed by atoms with Crippen molar-refractivity contribution in [1.29, 1.82) is 0 Å². The Morgan fingerprint density at radius 3 is 2.62 bits per heavy atom. The quantitative estimate of drug-likeness (QED) is 0.648. The second-order valence-corrected chi connectivity index (χ2v) is 6.28. The minimum Gasteiger partial charge on any atom is -0.496 e. The summed E-state index contributed by atoms with van der Waals surface area (Å²) in [5, 5.41) is 3.10. The molecule has 1 amide bonds. The van der Waals surface area contributed by atoms with Crippen molar-refractivity contribution in [2.24, 2.45) is 0 Å². The molecule has 1 aliphatic rings. The number of carbonyl (C=O) groups is 1. The van der Waals surface area contributed by atoms with Gasteiger partial charge in [0.15, 0.2) is 0 Å². The summed E-state index contributed by atoms with van der Waals surface area (Å²) in [6.07, 6.45) is 10.7. The number of benzene rings is 1. The summed E-state index contributed by atoms with van der Waals surface area (Å²) in [6.45, 7) is 0. The number of rotatable bonds is 4. The first-order valence-electron chi connectivity index (χ1n) is 7.51. The average molecular weight is 352 g/mol. The summed E-state index contributed by atoms with van der Waals surface area (Å²) in [5.74, 6) is 0.781. The number of carbonyl (C=O) groups excluding carboxylic acids is 1. The fraction of sp³-hybridized carbons (Fsp3) is 0.471. The maximum atomic E-state index is 12.0. The molecule has 0 bridgehead atoms. The number of hydrogen-bond donors (Lipinski definition) is 1. The van der Waals surface area contributed by atoms with E-state index in [1.807, 2.05) is 24.3 Å². The molecule has 3 nitrogen and oxygen atoms in total. The van der Waals surface area contributed by atoms with E-state index in [4.69, 9.17) is 4.74 Å². The van der Waals surface area contributed by atoms with E-state index in [1.165, 1.54) is 25.7 Å². The van der Waals surface area contributed by atoms with E-state index in [2.05, 4.69) is 21.2 Å². The minimum atomic E-state index is -0.00570. The zero-order valence-electron chi connectivity index (χ0n) is 12.4. The van der Waals surface area contributed by atoms with Crippen molar-refractivity contribution >= 4 is 27.9 Å². The molecule has 1 N–H and O–H groups in total. The van der Waals surface area contributed by atoms with E-state index in [1.54, 1.807) is 13.2 Å². The van der Waals surface area contributed by atoms with Gasteiger partial charge in [-0.2, -0.15) is 0 Å². The lowest BCUT2D eigenvalue weighted by Gasteiger charge is -2.14. The van der Waals surface area contributed by atoms with Gasteiger partial charge in [0, 0.05) is 12.1 Å². The van der Waals surface area contributed by atoms with Gasteiger partial charge in [0.25, 0.3) is 0 Å². The molecule has 1 aromatic carbocycles. The van der Waals surface area contributed by atoms with Crippen LogP contribution in [0, 0.1) is 0 Å². The first kappa shape index (κ1) is 16.1. The molecule has 4 heteroatoms. The number of nitrogens with one attached hydrogen (secondary N) is 1. The second kappa shape index (κ2) is 8.23. The third-order valence-corrected chi connectivity index (χ3v) is 4.42. The molecule has 1 fully saturated rings. The molecule has 0 spiro atoms. The summed E-state index contributed by atoms with van der Waals surface area (Å²) < 4.78 is 6.07. The van der Waals surface area contributed by atoms with Crippen molar-refractivity contribution in [2.45, 2.75) is 44.6 Å². The Labute approximate surface area is 134 Å². The third kappa shape index (κ3) is 5.20. The Morgan fingerprint density at radius 2 is 2.00 bits per heavy atom. The summed E-state index contributed by atoms with van der Waals surface area (Å²) in [6, 6.07) is 6.09. The number of amides is 1. The molecule has 114 valence electrons. The molecule has 0 aromatic heterocycles. The summed E-state index contributed by atoms with van der Waals surface area (Å²) in [7, 11) is 1.63. The van der Waals surface area contributed by atoms with E-state index in [0.717, 1.165) is 28.6 Å². The van der Waals surface area contributed by atoms with Crippen LogP contribution in [0.4, 0.5) is 0 Å². The van der Waals surface area contributed by atoms with Crippen LogP contribution in [0.5, 0.6) is 5.75 Å². The Kier molecular flexibility index (Phi) is 6.30. The highest BCUT2D eigenvalue weighted by Gasteiger charge is 2.13. The standard InChI is InChI=1S/C17H22BrNO2/c1-21-16-10-8-13(12-15(16)18)9-11-17(20)19-14-6-4-2-3-5-7-14/h8-12,14H,2-7H2,1H3,(H,19,20). The first-order chi connectivity index (χ1) is 10.2. The summed E-state index contributed by atoms with van der Waals surface area (Å²) in [5.41, 5.74) is 0.971. The van der Waals surface area contributed by atoms with Crippen molar-refractivity contribution in [3.05, 3.63) is 34.3 Å². The lowest BCUT2D eigenvalue weighted by Crippen LogP contribution is -2.33. The van der Waals surface area contributed by atoms with E-state index in [9.17, 15) is 4.79 Å². The van der Waals surface area contributed by atoms with Crippen molar-refractivity contribution in [3.63, 3.8) is 0 Å². The van der Waals surface area contributed by atoms with Gasteiger partial charge >= 0.3 is 0 Å². The van der Waals surface area contributed by atoms with Gasteiger partial charge in [0.05, 0.1) is 11.6 Å². The second-order valence-electron chi connectivity index (χ2n) is 5.42. The molecule has 2 rings (SSSR count). The molecule has 0 heterocycles. The van der Waals surface area contributed by atoms with Crippen LogP contribution in [0.1, 0.15) is 44.1 Å². The fourth-order valence-corrected chi connectivity index (χ4v) is 3.19. The number of hydrogen-bond acceptors (Lipinski definition) is 2. The smallest absolute Gasteiger partial charge is 0.244 e. The van der Waals surface area contributed by atoms with Crippen molar-refractivity contribution in [2.75, 3.05) is 7.11 Å². The maximum Gasteiger partial charge on any atom is 0.244 e. The molecule has 1 aromatic rings. The highest BCUT2D eigenvalue weighted by atomic mass is 79.9. The maximum absolute atomic E-state index is 12.0. The predicted molar refractivity (Wildman–Crippen MR) is 89.4 cm³/mol. The Hall–Kier alpha value is -1.29. The molecule has 0 radical (unpaired) electrons. The van der Waals surface area contributed by atoms with Crippen LogP contribution in [0.3, 0.4) is 0 Å². The van der Waals surface area contributed by atoms with Crippen molar-refractivity contribution in [1.82, 2.24) is 5.32 Å². The van der Waals surface area contributed by atoms with Gasteiger partial charge in [-0.1, -0.05) is 31.7 Å². The van der Waals surface area contributed by atoms with Crippen molar-refractivity contribution < 1.29 is 9.53 Å². The van der Waals surface area contributed by atoms with Crippen LogP contribution in [-0.2, 0) is 4.79 Å². The Bertz CT molecular complexity index is 506. The monoisotopic (exact) mass is 351 g/mol. The summed E-state index contributed by atoms with van der Waals surface area (Å²) >= 11 is 3.44. The largest absolute Gasteiger partial charge is 0.496 e. The molecule has 0 atom stereocenters. The number of methoxy groups -OCH3 is 1. The predicted octanol–water partition coefficient (Wildman–Crippen LogP) is 4.31. The van der Waals surface area contributed by atoms with Crippen molar-refractivity contribution in [3.8, 4) is 5.75 Å². The zero-order chi connectivity index (χ0) is 15.1. The van der Waals surface area contributed by atoms with Crippen LogP contribution < -0.4 is 10.1 Å². The number of halogens is 1. The van der Waals surface area contributed by atoms with Crippen LogP contribution in [-0.4, -0.2) is 19.1 Å². The van der Waals surface area contributed by atoms with Gasteiger partial charge in [-0.15, -0.1) is 0 Å². The average Bonchev–Trinajstić information content (AvgIpc) is 2.74. The lowest BCUT2D eigenvalue weighted by atomic mass is 10.1. The SMILES string of the molecule is COc1ccc(C=CC(=O)NC2CCCCCC2)cc1Br. The molecule has 0 unspecified atom stereocenters. The first-order valence-corrected chi connectivity index (χ1v) is 8.30. The zero-order valence-corrected chi connectivity index (χ0v) is 14.0. The molecular formula is C17H22BrNO2. The molecule has 1 saturated carbocycles. The van der Waals surface area contributed by atoms with Gasteiger partial charge in [0.2, 0.25) is 5.91 Å². The number of ether oxygens (including phenoxy) is 1. The molecule has 1 aliphatic carbocycles. The van der Waals surface area contributed by atoms with Crippen LogP contribution in [0.15, 0.2) is 28.7 Å². The van der Waals surface area contributed by atoms with Crippen LogP contribution >= 0.6 is 15.9 Å². The van der Waals surface area contributed by atoms with E-state index >= 15 is 0 Å². The minimum absolute atomic E-state index is 0.00570. The lowest BCUT2D eigenvalue weighted by molar-refractivity contribution is -0.117.